The molecule has 0 unspecified atom stereocenters. The molecular formula is C24H18Cl2O5. The van der Waals surface area contributed by atoms with Gasteiger partial charge in [0.15, 0.2) is 17.3 Å². The molecule has 0 bridgehead atoms. The van der Waals surface area contributed by atoms with Crippen LogP contribution in [0, 0.1) is 0 Å². The zero-order chi connectivity index (χ0) is 22.0. The first kappa shape index (κ1) is 21.1. The third-order valence-electron chi connectivity index (χ3n) is 4.82. The lowest BCUT2D eigenvalue weighted by Crippen LogP contribution is -2.10. The van der Waals surface area contributed by atoms with Gasteiger partial charge in [-0.05, 0) is 42.5 Å². The highest BCUT2D eigenvalue weighted by Crippen LogP contribution is 2.37. The summed E-state index contributed by atoms with van der Waals surface area (Å²) in [6, 6.07) is 17.4. The zero-order valence-corrected chi connectivity index (χ0v) is 18.3. The molecule has 5 nitrogen and oxygen atoms in total. The first-order valence-corrected chi connectivity index (χ1v) is 10.1. The second-order valence-corrected chi connectivity index (χ2v) is 7.46. The van der Waals surface area contributed by atoms with E-state index in [1.54, 1.807) is 67.8 Å². The summed E-state index contributed by atoms with van der Waals surface area (Å²) in [5, 5.41) is 1.31. The van der Waals surface area contributed by atoms with Crippen LogP contribution in [0.5, 0.6) is 17.2 Å². The standard InChI is InChI=1S/C24H18Cl2O5/c1-28-20-11-10-14(12-21(20)29-2)23-24(22(27)15-6-3-4-9-19(15)31-23)30-13-16-17(25)7-5-8-18(16)26/h3-12H,13H2,1-2H3. The highest BCUT2D eigenvalue weighted by atomic mass is 35.5. The fraction of sp³-hybridized carbons (Fsp3) is 0.125. The monoisotopic (exact) mass is 456 g/mol. The Kier molecular flexibility index (Phi) is 6.07. The van der Waals surface area contributed by atoms with Gasteiger partial charge in [0.1, 0.15) is 12.2 Å². The van der Waals surface area contributed by atoms with Crippen LogP contribution in [0.25, 0.3) is 22.3 Å². The summed E-state index contributed by atoms with van der Waals surface area (Å²) < 4.78 is 22.8. The van der Waals surface area contributed by atoms with Crippen LogP contribution in [0.3, 0.4) is 0 Å². The predicted molar refractivity (Wildman–Crippen MR) is 122 cm³/mol. The van der Waals surface area contributed by atoms with Gasteiger partial charge in [-0.25, -0.2) is 0 Å². The second kappa shape index (κ2) is 8.92. The third-order valence-corrected chi connectivity index (χ3v) is 5.53. The Hall–Kier alpha value is -3.15. The number of ether oxygens (including phenoxy) is 3. The number of methoxy groups -OCH3 is 2. The molecule has 0 saturated carbocycles. The highest BCUT2D eigenvalue weighted by molar-refractivity contribution is 6.35. The van der Waals surface area contributed by atoms with Gasteiger partial charge in [-0.1, -0.05) is 41.4 Å². The van der Waals surface area contributed by atoms with Crippen molar-refractivity contribution in [1.29, 1.82) is 0 Å². The van der Waals surface area contributed by atoms with E-state index in [0.29, 0.717) is 43.6 Å². The van der Waals surface area contributed by atoms with Crippen LogP contribution in [-0.2, 0) is 6.61 Å². The van der Waals surface area contributed by atoms with Gasteiger partial charge in [0.05, 0.1) is 19.6 Å². The molecule has 0 radical (unpaired) electrons. The van der Waals surface area contributed by atoms with Gasteiger partial charge in [-0.3, -0.25) is 4.79 Å². The maximum Gasteiger partial charge on any atom is 0.235 e. The largest absolute Gasteiger partial charge is 0.493 e. The lowest BCUT2D eigenvalue weighted by atomic mass is 10.1. The van der Waals surface area contributed by atoms with Gasteiger partial charge in [0.2, 0.25) is 11.2 Å². The van der Waals surface area contributed by atoms with E-state index < -0.39 is 0 Å². The number of rotatable bonds is 6. The maximum atomic E-state index is 13.3. The minimum Gasteiger partial charge on any atom is -0.493 e. The van der Waals surface area contributed by atoms with Crippen molar-refractivity contribution in [2.45, 2.75) is 6.61 Å². The van der Waals surface area contributed by atoms with Crippen molar-refractivity contribution in [3.8, 4) is 28.6 Å². The molecule has 0 spiro atoms. The van der Waals surface area contributed by atoms with Gasteiger partial charge in [0, 0.05) is 21.2 Å². The first-order valence-electron chi connectivity index (χ1n) is 9.37. The number of halogens is 2. The quantitative estimate of drug-likeness (QED) is 0.337. The summed E-state index contributed by atoms with van der Waals surface area (Å²) in [5.41, 5.74) is 1.33. The van der Waals surface area contributed by atoms with Gasteiger partial charge in [-0.2, -0.15) is 0 Å². The van der Waals surface area contributed by atoms with Gasteiger partial charge in [0.25, 0.3) is 0 Å². The number of fused-ring (bicyclic) bond motifs is 1. The fourth-order valence-corrected chi connectivity index (χ4v) is 3.74. The molecule has 7 heteroatoms. The van der Waals surface area contributed by atoms with Crippen LogP contribution in [0.15, 0.2) is 69.9 Å². The average molecular weight is 457 g/mol. The molecule has 1 aromatic heterocycles. The molecule has 0 fully saturated rings. The normalized spacial score (nSPS) is 10.8. The van der Waals surface area contributed by atoms with E-state index >= 15 is 0 Å². The van der Waals surface area contributed by atoms with E-state index in [0.717, 1.165) is 0 Å². The summed E-state index contributed by atoms with van der Waals surface area (Å²) in [4.78, 5) is 13.3. The summed E-state index contributed by atoms with van der Waals surface area (Å²) in [6.45, 7) is 0.00188. The lowest BCUT2D eigenvalue weighted by Gasteiger charge is -2.14. The van der Waals surface area contributed by atoms with Crippen molar-refractivity contribution >= 4 is 34.2 Å². The minimum absolute atomic E-state index is 0.00188. The molecule has 4 rings (SSSR count). The van der Waals surface area contributed by atoms with Crippen molar-refractivity contribution in [3.05, 3.63) is 86.5 Å². The molecule has 1 heterocycles. The van der Waals surface area contributed by atoms with Gasteiger partial charge >= 0.3 is 0 Å². The molecule has 3 aromatic carbocycles. The molecule has 0 aliphatic carbocycles. The van der Waals surface area contributed by atoms with Crippen molar-refractivity contribution in [3.63, 3.8) is 0 Å². The Balaban J connectivity index is 1.87. The topological polar surface area (TPSA) is 57.9 Å². The van der Waals surface area contributed by atoms with Crippen LogP contribution >= 0.6 is 23.2 Å². The summed E-state index contributed by atoms with van der Waals surface area (Å²) in [7, 11) is 3.09. The Morgan fingerprint density at radius 2 is 1.58 bits per heavy atom. The average Bonchev–Trinajstić information content (AvgIpc) is 2.79. The lowest BCUT2D eigenvalue weighted by molar-refractivity contribution is 0.298. The Bertz CT molecular complexity index is 1290. The van der Waals surface area contributed by atoms with E-state index in [-0.39, 0.29) is 23.5 Å². The van der Waals surface area contributed by atoms with E-state index in [9.17, 15) is 4.79 Å². The Morgan fingerprint density at radius 3 is 2.29 bits per heavy atom. The van der Waals surface area contributed by atoms with Crippen molar-refractivity contribution in [2.75, 3.05) is 14.2 Å². The molecule has 0 aliphatic rings. The van der Waals surface area contributed by atoms with E-state index in [1.165, 1.54) is 7.11 Å². The molecule has 31 heavy (non-hydrogen) atoms. The molecule has 0 amide bonds. The van der Waals surface area contributed by atoms with Gasteiger partial charge < -0.3 is 18.6 Å². The Labute approximate surface area is 188 Å². The summed E-state index contributed by atoms with van der Waals surface area (Å²) in [6.07, 6.45) is 0. The smallest absolute Gasteiger partial charge is 0.235 e. The highest BCUT2D eigenvalue weighted by Gasteiger charge is 2.20. The first-order chi connectivity index (χ1) is 15.0. The fourth-order valence-electron chi connectivity index (χ4n) is 3.24. The molecule has 0 N–H and O–H groups in total. The number of hydrogen-bond donors (Lipinski definition) is 0. The number of para-hydroxylation sites is 1. The van der Waals surface area contributed by atoms with Crippen molar-refractivity contribution in [2.24, 2.45) is 0 Å². The molecule has 158 valence electrons. The van der Waals surface area contributed by atoms with E-state index in [2.05, 4.69) is 0 Å². The molecule has 0 saturated heterocycles. The predicted octanol–water partition coefficient (Wildman–Crippen LogP) is 6.36. The van der Waals surface area contributed by atoms with Crippen molar-refractivity contribution in [1.82, 2.24) is 0 Å². The molecule has 0 aliphatic heterocycles. The van der Waals surface area contributed by atoms with Crippen LogP contribution < -0.4 is 19.6 Å². The molecule has 4 aromatic rings. The van der Waals surface area contributed by atoms with Gasteiger partial charge in [-0.15, -0.1) is 0 Å². The number of benzene rings is 3. The maximum absolute atomic E-state index is 13.3. The van der Waals surface area contributed by atoms with Crippen LogP contribution in [0.2, 0.25) is 10.0 Å². The Morgan fingerprint density at radius 1 is 0.871 bits per heavy atom. The SMILES string of the molecule is COc1ccc(-c2oc3ccccc3c(=O)c2OCc2c(Cl)cccc2Cl)cc1OC. The molecule has 0 atom stereocenters. The minimum atomic E-state index is -0.296. The van der Waals surface area contributed by atoms with E-state index in [4.69, 9.17) is 41.8 Å². The molecular weight excluding hydrogens is 439 g/mol. The number of hydrogen-bond acceptors (Lipinski definition) is 5. The second-order valence-electron chi connectivity index (χ2n) is 6.64. The third kappa shape index (κ3) is 4.07. The van der Waals surface area contributed by atoms with Crippen LogP contribution in [0.1, 0.15) is 5.56 Å². The van der Waals surface area contributed by atoms with Crippen molar-refractivity contribution < 1.29 is 18.6 Å². The van der Waals surface area contributed by atoms with E-state index in [1.807, 2.05) is 0 Å². The van der Waals surface area contributed by atoms with Crippen LogP contribution in [0.4, 0.5) is 0 Å². The summed E-state index contributed by atoms with van der Waals surface area (Å²) in [5.74, 6) is 1.38. The van der Waals surface area contributed by atoms with Crippen LogP contribution in [-0.4, -0.2) is 14.2 Å². The summed E-state index contributed by atoms with van der Waals surface area (Å²) >= 11 is 12.5. The zero-order valence-electron chi connectivity index (χ0n) is 16.8.